The monoisotopic (exact) mass is 345 g/mol. The highest BCUT2D eigenvalue weighted by Gasteiger charge is 2.21. The van der Waals surface area contributed by atoms with Gasteiger partial charge in [0.15, 0.2) is 0 Å². The van der Waals surface area contributed by atoms with Gasteiger partial charge in [-0.1, -0.05) is 0 Å². The Bertz CT molecular complexity index is 572. The molecule has 2 rings (SSSR count). The fourth-order valence-electron chi connectivity index (χ4n) is 1.36. The van der Waals surface area contributed by atoms with Crippen molar-refractivity contribution < 1.29 is 9.53 Å². The lowest BCUT2D eigenvalue weighted by molar-refractivity contribution is 0.0522. The molecule has 5 nitrogen and oxygen atoms in total. The number of halogens is 1. The van der Waals surface area contributed by atoms with Gasteiger partial charge >= 0.3 is 6.09 Å². The van der Waals surface area contributed by atoms with Crippen LogP contribution in [0.3, 0.4) is 0 Å². The Balaban J connectivity index is 2.46. The van der Waals surface area contributed by atoms with Gasteiger partial charge in [-0.3, -0.25) is 4.98 Å². The zero-order valence-electron chi connectivity index (χ0n) is 9.77. The molecule has 17 heavy (non-hydrogen) atoms. The van der Waals surface area contributed by atoms with Crippen molar-refractivity contribution in [2.75, 3.05) is 0 Å². The molecule has 0 saturated carbocycles. The molecule has 2 aromatic heterocycles. The second kappa shape index (κ2) is 4.25. The second-order valence-corrected chi connectivity index (χ2v) is 5.58. The van der Waals surface area contributed by atoms with E-state index in [1.165, 1.54) is 4.68 Å². The summed E-state index contributed by atoms with van der Waals surface area (Å²) in [5.74, 6) is 0. The van der Waals surface area contributed by atoms with Crippen LogP contribution in [0.25, 0.3) is 11.0 Å². The van der Waals surface area contributed by atoms with Crippen LogP contribution in [0.15, 0.2) is 18.3 Å². The van der Waals surface area contributed by atoms with Crippen LogP contribution in [0.2, 0.25) is 0 Å². The minimum atomic E-state index is -0.539. The van der Waals surface area contributed by atoms with E-state index in [0.29, 0.717) is 14.7 Å². The van der Waals surface area contributed by atoms with Crippen LogP contribution in [-0.4, -0.2) is 26.5 Å². The Morgan fingerprint density at radius 3 is 2.82 bits per heavy atom. The normalized spacial score (nSPS) is 11.8. The first-order valence-electron chi connectivity index (χ1n) is 5.11. The first-order chi connectivity index (χ1) is 7.88. The third kappa shape index (κ3) is 2.56. The van der Waals surface area contributed by atoms with Crippen molar-refractivity contribution in [1.29, 1.82) is 0 Å². The molecule has 0 aliphatic rings. The number of pyridine rings is 1. The summed E-state index contributed by atoms with van der Waals surface area (Å²) in [6.45, 7) is 5.46. The Hall–Kier alpha value is -1.18. The third-order valence-electron chi connectivity index (χ3n) is 1.96. The molecule has 0 amide bonds. The van der Waals surface area contributed by atoms with Gasteiger partial charge in [0.05, 0.1) is 0 Å². The highest BCUT2D eigenvalue weighted by Crippen LogP contribution is 2.18. The molecule has 0 spiro atoms. The van der Waals surface area contributed by atoms with Gasteiger partial charge in [-0.2, -0.15) is 9.78 Å². The summed E-state index contributed by atoms with van der Waals surface area (Å²) in [5.41, 5.74) is 0.827. The number of ether oxygens (including phenoxy) is 1. The summed E-state index contributed by atoms with van der Waals surface area (Å²) in [7, 11) is 0. The molecule has 2 heterocycles. The van der Waals surface area contributed by atoms with Crippen molar-refractivity contribution in [3.63, 3.8) is 0 Å². The average Bonchev–Trinajstić information content (AvgIpc) is 2.55. The summed E-state index contributed by atoms with van der Waals surface area (Å²) in [5, 5.41) is 4.14. The maximum atomic E-state index is 11.9. The van der Waals surface area contributed by atoms with Crippen molar-refractivity contribution in [1.82, 2.24) is 14.8 Å². The maximum Gasteiger partial charge on any atom is 0.435 e. The Kier molecular flexibility index (Phi) is 3.07. The third-order valence-corrected chi connectivity index (χ3v) is 2.69. The molecule has 0 radical (unpaired) electrons. The van der Waals surface area contributed by atoms with E-state index in [0.717, 1.165) is 0 Å². The van der Waals surface area contributed by atoms with E-state index >= 15 is 0 Å². The topological polar surface area (TPSA) is 57.0 Å². The molecule has 0 aliphatic heterocycles. The van der Waals surface area contributed by atoms with Crippen LogP contribution in [0.5, 0.6) is 0 Å². The Labute approximate surface area is 112 Å². The number of nitrogens with zero attached hydrogens (tertiary/aromatic N) is 3. The highest BCUT2D eigenvalue weighted by molar-refractivity contribution is 14.1. The molecular weight excluding hydrogens is 333 g/mol. The first kappa shape index (κ1) is 12.3. The number of fused-ring (bicyclic) bond motifs is 1. The summed E-state index contributed by atoms with van der Waals surface area (Å²) < 4.78 is 7.21. The largest absolute Gasteiger partial charge is 0.442 e. The molecule has 0 saturated heterocycles. The number of aromatic nitrogens is 3. The van der Waals surface area contributed by atoms with E-state index < -0.39 is 11.7 Å². The minimum absolute atomic E-state index is 0.488. The van der Waals surface area contributed by atoms with E-state index in [2.05, 4.69) is 10.1 Å². The first-order valence-corrected chi connectivity index (χ1v) is 6.19. The smallest absolute Gasteiger partial charge is 0.435 e. The van der Waals surface area contributed by atoms with E-state index in [9.17, 15) is 4.79 Å². The predicted octanol–water partition coefficient (Wildman–Crippen LogP) is 2.82. The lowest BCUT2D eigenvalue weighted by Crippen LogP contribution is -2.27. The lowest BCUT2D eigenvalue weighted by Gasteiger charge is -2.19. The van der Waals surface area contributed by atoms with Crippen LogP contribution in [-0.2, 0) is 4.74 Å². The van der Waals surface area contributed by atoms with Crippen LogP contribution in [0.4, 0.5) is 4.79 Å². The molecule has 0 unspecified atom stereocenters. The molecular formula is C11H12IN3O2. The van der Waals surface area contributed by atoms with Crippen molar-refractivity contribution in [3.05, 3.63) is 22.0 Å². The van der Waals surface area contributed by atoms with E-state index in [-0.39, 0.29) is 0 Å². The van der Waals surface area contributed by atoms with E-state index in [4.69, 9.17) is 4.74 Å². The van der Waals surface area contributed by atoms with E-state index in [1.807, 2.05) is 43.4 Å². The molecule has 0 atom stereocenters. The predicted molar refractivity (Wildman–Crippen MR) is 71.9 cm³/mol. The number of carbonyl (C=O) groups excluding carboxylic acids is 1. The van der Waals surface area contributed by atoms with Crippen LogP contribution in [0, 0.1) is 3.70 Å². The zero-order chi connectivity index (χ0) is 12.6. The molecule has 6 heteroatoms. The summed E-state index contributed by atoms with van der Waals surface area (Å²) in [6, 6.07) is 3.56. The Morgan fingerprint density at radius 2 is 2.18 bits per heavy atom. The van der Waals surface area contributed by atoms with Crippen molar-refractivity contribution in [2.45, 2.75) is 26.4 Å². The van der Waals surface area contributed by atoms with Gasteiger partial charge in [-0.05, 0) is 55.5 Å². The number of hydrogen-bond donors (Lipinski definition) is 0. The van der Waals surface area contributed by atoms with Crippen LogP contribution < -0.4 is 0 Å². The number of carbonyl (C=O) groups is 1. The van der Waals surface area contributed by atoms with Gasteiger partial charge in [0.25, 0.3) is 0 Å². The molecule has 2 aromatic rings. The average molecular weight is 345 g/mol. The fourth-order valence-corrected chi connectivity index (χ4v) is 1.99. The molecule has 0 N–H and O–H groups in total. The van der Waals surface area contributed by atoms with Gasteiger partial charge in [0.1, 0.15) is 20.3 Å². The molecule has 0 aromatic carbocycles. The van der Waals surface area contributed by atoms with Crippen LogP contribution in [0.1, 0.15) is 20.8 Å². The minimum Gasteiger partial charge on any atom is -0.442 e. The molecule has 0 fully saturated rings. The van der Waals surface area contributed by atoms with Crippen molar-refractivity contribution in [2.24, 2.45) is 0 Å². The van der Waals surface area contributed by atoms with E-state index in [1.54, 1.807) is 18.3 Å². The summed E-state index contributed by atoms with van der Waals surface area (Å²) >= 11 is 2.05. The Morgan fingerprint density at radius 1 is 1.47 bits per heavy atom. The van der Waals surface area contributed by atoms with Crippen molar-refractivity contribution in [3.8, 4) is 0 Å². The van der Waals surface area contributed by atoms with Gasteiger partial charge < -0.3 is 4.74 Å². The summed E-state index contributed by atoms with van der Waals surface area (Å²) in [4.78, 5) is 16.1. The molecule has 0 aliphatic carbocycles. The van der Waals surface area contributed by atoms with Gasteiger partial charge in [-0.15, -0.1) is 0 Å². The highest BCUT2D eigenvalue weighted by atomic mass is 127. The SMILES string of the molecule is CC(C)(C)OC(=O)n1nc(I)c2ncccc21. The zero-order valence-corrected chi connectivity index (χ0v) is 11.9. The standard InChI is InChI=1S/C11H12IN3O2/c1-11(2,3)17-10(16)15-7-5-4-6-13-8(7)9(12)14-15/h4-6H,1-3H3. The maximum absolute atomic E-state index is 11.9. The lowest BCUT2D eigenvalue weighted by atomic mass is 10.2. The number of hydrogen-bond acceptors (Lipinski definition) is 4. The van der Waals surface area contributed by atoms with Gasteiger partial charge in [0, 0.05) is 6.20 Å². The quantitative estimate of drug-likeness (QED) is 0.689. The van der Waals surface area contributed by atoms with Crippen molar-refractivity contribution >= 4 is 39.7 Å². The van der Waals surface area contributed by atoms with Crippen LogP contribution >= 0.6 is 22.6 Å². The van der Waals surface area contributed by atoms with Gasteiger partial charge in [0.2, 0.25) is 0 Å². The van der Waals surface area contributed by atoms with Gasteiger partial charge in [-0.25, -0.2) is 4.79 Å². The summed E-state index contributed by atoms with van der Waals surface area (Å²) in [6.07, 6.45) is 1.18. The number of rotatable bonds is 0. The fraction of sp³-hybridized carbons (Fsp3) is 0.364. The molecule has 90 valence electrons. The molecule has 0 bridgehead atoms. The second-order valence-electron chi connectivity index (χ2n) is 4.55.